The number of aliphatic hydroxyl groups excluding tert-OH is 1. The van der Waals surface area contributed by atoms with Crippen LogP contribution in [-0.4, -0.2) is 35.5 Å². The molecule has 1 unspecified atom stereocenters. The van der Waals surface area contributed by atoms with Crippen molar-refractivity contribution in [1.82, 2.24) is 0 Å². The normalized spacial score (nSPS) is 16.5. The van der Waals surface area contributed by atoms with Gasteiger partial charge in [0.25, 0.3) is 10.1 Å². The average Bonchev–Trinajstić information content (AvgIpc) is 1.83. The summed E-state index contributed by atoms with van der Waals surface area (Å²) in [6.07, 6.45) is 0. The zero-order valence-corrected chi connectivity index (χ0v) is 7.30. The minimum atomic E-state index is -4.20. The van der Waals surface area contributed by atoms with Gasteiger partial charge in [-0.15, -0.1) is 0 Å². The van der Waals surface area contributed by atoms with Crippen molar-refractivity contribution < 1.29 is 18.1 Å². The Bertz CT molecular complexity index is 221. The Morgan fingerprint density at radius 1 is 1.55 bits per heavy atom. The average molecular weight is 183 g/mol. The van der Waals surface area contributed by atoms with E-state index >= 15 is 0 Å². The van der Waals surface area contributed by atoms with Crippen molar-refractivity contribution in [3.8, 4) is 0 Å². The Morgan fingerprint density at radius 2 is 1.91 bits per heavy atom. The third kappa shape index (κ3) is 2.13. The number of rotatable bonds is 3. The molecular formula is C5H13NO4S. The minimum Gasteiger partial charge on any atom is -0.395 e. The van der Waals surface area contributed by atoms with Crippen molar-refractivity contribution in [2.75, 3.05) is 6.61 Å². The first-order valence-electron chi connectivity index (χ1n) is 3.07. The van der Waals surface area contributed by atoms with Crippen LogP contribution in [0.4, 0.5) is 0 Å². The summed E-state index contributed by atoms with van der Waals surface area (Å²) in [6, 6.07) is -0.975. The lowest BCUT2D eigenvalue weighted by molar-refractivity contribution is 0.240. The summed E-state index contributed by atoms with van der Waals surface area (Å²) in [4.78, 5) is 0. The maximum Gasteiger partial charge on any atom is 0.271 e. The van der Waals surface area contributed by atoms with Gasteiger partial charge in [0.15, 0.2) is 0 Å². The molecule has 5 nitrogen and oxygen atoms in total. The summed E-state index contributed by atoms with van der Waals surface area (Å²) in [7, 11) is -4.20. The van der Waals surface area contributed by atoms with E-state index in [1.54, 1.807) is 0 Å². The van der Waals surface area contributed by atoms with Crippen LogP contribution in [0.5, 0.6) is 0 Å². The number of hydrogen-bond acceptors (Lipinski definition) is 4. The quantitative estimate of drug-likeness (QED) is 0.486. The Morgan fingerprint density at radius 3 is 2.00 bits per heavy atom. The van der Waals surface area contributed by atoms with Crippen LogP contribution >= 0.6 is 0 Å². The van der Waals surface area contributed by atoms with Gasteiger partial charge >= 0.3 is 0 Å². The zero-order valence-electron chi connectivity index (χ0n) is 6.48. The van der Waals surface area contributed by atoms with E-state index in [1.165, 1.54) is 13.8 Å². The van der Waals surface area contributed by atoms with Gasteiger partial charge in [0, 0.05) is 6.04 Å². The number of nitrogens with two attached hydrogens (primary N) is 1. The smallest absolute Gasteiger partial charge is 0.271 e. The lowest BCUT2D eigenvalue weighted by Gasteiger charge is -2.26. The molecule has 0 rings (SSSR count). The molecule has 0 aromatic carbocycles. The van der Waals surface area contributed by atoms with Crippen molar-refractivity contribution >= 4 is 10.1 Å². The molecule has 0 saturated heterocycles. The zero-order chi connectivity index (χ0) is 9.28. The first-order chi connectivity index (χ1) is 4.73. The first kappa shape index (κ1) is 10.8. The van der Waals surface area contributed by atoms with E-state index in [4.69, 9.17) is 15.4 Å². The fourth-order valence-corrected chi connectivity index (χ4v) is 0.868. The van der Waals surface area contributed by atoms with Crippen molar-refractivity contribution in [2.45, 2.75) is 24.6 Å². The van der Waals surface area contributed by atoms with E-state index in [-0.39, 0.29) is 0 Å². The van der Waals surface area contributed by atoms with Gasteiger partial charge in [0.2, 0.25) is 0 Å². The third-order valence-electron chi connectivity index (χ3n) is 1.75. The topological polar surface area (TPSA) is 101 Å². The molecule has 0 saturated carbocycles. The molecule has 0 fully saturated rings. The molecule has 4 N–H and O–H groups in total. The van der Waals surface area contributed by atoms with Gasteiger partial charge in [0.1, 0.15) is 4.75 Å². The molecule has 0 radical (unpaired) electrons. The molecule has 0 spiro atoms. The van der Waals surface area contributed by atoms with E-state index in [1.807, 2.05) is 0 Å². The van der Waals surface area contributed by atoms with Crippen LogP contribution in [-0.2, 0) is 10.1 Å². The second-order valence-corrected chi connectivity index (χ2v) is 4.87. The molecule has 11 heavy (non-hydrogen) atoms. The fourth-order valence-electron chi connectivity index (χ4n) is 0.411. The van der Waals surface area contributed by atoms with Gasteiger partial charge in [-0.05, 0) is 13.8 Å². The van der Waals surface area contributed by atoms with Crippen molar-refractivity contribution in [3.63, 3.8) is 0 Å². The van der Waals surface area contributed by atoms with Crippen LogP contribution in [0.15, 0.2) is 0 Å². The highest BCUT2D eigenvalue weighted by Gasteiger charge is 2.38. The second-order valence-electron chi connectivity index (χ2n) is 2.87. The summed E-state index contributed by atoms with van der Waals surface area (Å²) in [5, 5.41) is 8.53. The fraction of sp³-hybridized carbons (Fsp3) is 1.00. The monoisotopic (exact) mass is 183 g/mol. The molecule has 0 heterocycles. The van der Waals surface area contributed by atoms with Crippen LogP contribution < -0.4 is 5.73 Å². The Labute approximate surface area is 66.0 Å². The van der Waals surface area contributed by atoms with Gasteiger partial charge in [-0.1, -0.05) is 0 Å². The molecule has 0 bridgehead atoms. The van der Waals surface area contributed by atoms with Gasteiger partial charge in [-0.25, -0.2) is 0 Å². The maximum absolute atomic E-state index is 10.6. The largest absolute Gasteiger partial charge is 0.395 e. The van der Waals surface area contributed by atoms with Gasteiger partial charge < -0.3 is 10.8 Å². The standard InChI is InChI=1S/C5H13NO4S/c1-5(2,4(6)3-7)11(8,9)10/h4,7H,3,6H2,1-2H3,(H,8,9,10). The van der Waals surface area contributed by atoms with E-state index in [0.29, 0.717) is 0 Å². The Hall–Kier alpha value is -0.170. The molecule has 0 amide bonds. The maximum atomic E-state index is 10.6. The molecule has 68 valence electrons. The highest BCUT2D eigenvalue weighted by molar-refractivity contribution is 7.87. The second kappa shape index (κ2) is 3.06. The summed E-state index contributed by atoms with van der Waals surface area (Å²) in [5.41, 5.74) is 5.25. The predicted octanol–water partition coefficient (Wildman–Crippen LogP) is -1.03. The highest BCUT2D eigenvalue weighted by atomic mass is 32.2. The van der Waals surface area contributed by atoms with Crippen LogP contribution in [0, 0.1) is 0 Å². The lowest BCUT2D eigenvalue weighted by Crippen LogP contribution is -2.50. The summed E-state index contributed by atoms with van der Waals surface area (Å²) < 4.78 is 28.4. The van der Waals surface area contributed by atoms with E-state index < -0.39 is 27.5 Å². The number of aliphatic hydroxyl groups is 1. The van der Waals surface area contributed by atoms with Crippen molar-refractivity contribution in [3.05, 3.63) is 0 Å². The highest BCUT2D eigenvalue weighted by Crippen LogP contribution is 2.17. The molecule has 0 aliphatic carbocycles. The predicted molar refractivity (Wildman–Crippen MR) is 40.7 cm³/mol. The summed E-state index contributed by atoms with van der Waals surface area (Å²) in [6.45, 7) is 2.03. The molecule has 0 aliphatic heterocycles. The molecular weight excluding hydrogens is 170 g/mol. The van der Waals surface area contributed by atoms with E-state index in [0.717, 1.165) is 0 Å². The molecule has 0 aliphatic rings. The molecule has 1 atom stereocenters. The molecule has 6 heteroatoms. The Balaban J connectivity index is 4.74. The van der Waals surface area contributed by atoms with Crippen LogP contribution in [0.25, 0.3) is 0 Å². The van der Waals surface area contributed by atoms with Gasteiger partial charge in [-0.3, -0.25) is 4.55 Å². The minimum absolute atomic E-state index is 0.479. The van der Waals surface area contributed by atoms with E-state index in [2.05, 4.69) is 0 Å². The summed E-state index contributed by atoms with van der Waals surface area (Å²) >= 11 is 0. The van der Waals surface area contributed by atoms with Crippen LogP contribution in [0.3, 0.4) is 0 Å². The van der Waals surface area contributed by atoms with E-state index in [9.17, 15) is 8.42 Å². The SMILES string of the molecule is CC(C)(C(N)CO)S(=O)(=O)O. The third-order valence-corrected chi connectivity index (χ3v) is 3.39. The first-order valence-corrected chi connectivity index (χ1v) is 4.51. The van der Waals surface area contributed by atoms with Crippen LogP contribution in [0.1, 0.15) is 13.8 Å². The molecule has 0 aromatic heterocycles. The summed E-state index contributed by atoms with van der Waals surface area (Å²) in [5.74, 6) is 0. The molecule has 0 aromatic rings. The van der Waals surface area contributed by atoms with Crippen molar-refractivity contribution in [1.29, 1.82) is 0 Å². The van der Waals surface area contributed by atoms with Crippen molar-refractivity contribution in [2.24, 2.45) is 5.73 Å². The lowest BCUT2D eigenvalue weighted by atomic mass is 10.1. The van der Waals surface area contributed by atoms with Crippen LogP contribution in [0.2, 0.25) is 0 Å². The van der Waals surface area contributed by atoms with Gasteiger partial charge in [0.05, 0.1) is 6.61 Å². The Kier molecular flexibility index (Phi) is 3.01. The number of hydrogen-bond donors (Lipinski definition) is 3. The van der Waals surface area contributed by atoms with Gasteiger partial charge in [-0.2, -0.15) is 8.42 Å².